The van der Waals surface area contributed by atoms with Gasteiger partial charge >= 0.3 is 0 Å². The molecule has 2 heterocycles. The smallest absolute Gasteiger partial charge is 0.241 e. The fourth-order valence-electron chi connectivity index (χ4n) is 1.31. The average Bonchev–Trinajstić information content (AvgIpc) is 2.83. The van der Waals surface area contributed by atoms with Crippen molar-refractivity contribution in [1.29, 1.82) is 0 Å². The summed E-state index contributed by atoms with van der Waals surface area (Å²) in [5.41, 5.74) is 1.00. The van der Waals surface area contributed by atoms with E-state index >= 15 is 0 Å². The minimum absolute atomic E-state index is 0.390. The number of nitrogens with one attached hydrogen (secondary N) is 1. The van der Waals surface area contributed by atoms with Gasteiger partial charge in [0.1, 0.15) is 0 Å². The van der Waals surface area contributed by atoms with Crippen molar-refractivity contribution in [2.24, 2.45) is 0 Å². The lowest BCUT2D eigenvalue weighted by molar-refractivity contribution is 0.361. The maximum atomic E-state index is 5.28. The molecule has 0 bridgehead atoms. The molecule has 0 amide bonds. The van der Waals surface area contributed by atoms with E-state index in [-0.39, 0.29) is 0 Å². The van der Waals surface area contributed by atoms with E-state index in [1.165, 1.54) is 0 Å². The zero-order valence-corrected chi connectivity index (χ0v) is 9.65. The lowest BCUT2D eigenvalue weighted by Crippen LogP contribution is -2.21. The molecule has 0 aliphatic rings. The van der Waals surface area contributed by atoms with E-state index in [0.29, 0.717) is 30.1 Å². The van der Waals surface area contributed by atoms with Gasteiger partial charge in [0, 0.05) is 6.04 Å². The summed E-state index contributed by atoms with van der Waals surface area (Å²) >= 11 is 0. The number of aromatic nitrogens is 2. The Morgan fingerprint density at radius 1 is 1.44 bits per heavy atom. The highest BCUT2D eigenvalue weighted by molar-refractivity contribution is 5.50. The summed E-state index contributed by atoms with van der Waals surface area (Å²) in [6, 6.07) is 2.26. The van der Waals surface area contributed by atoms with Crippen molar-refractivity contribution in [2.75, 3.05) is 0 Å². The van der Waals surface area contributed by atoms with Crippen LogP contribution in [0.5, 0.6) is 0 Å². The van der Waals surface area contributed by atoms with Crippen molar-refractivity contribution in [3.63, 3.8) is 0 Å². The maximum absolute atomic E-state index is 5.28. The molecule has 0 fully saturated rings. The van der Waals surface area contributed by atoms with E-state index in [1.54, 1.807) is 6.26 Å². The molecule has 0 aliphatic heterocycles. The van der Waals surface area contributed by atoms with Gasteiger partial charge in [-0.3, -0.25) is 0 Å². The van der Waals surface area contributed by atoms with E-state index in [2.05, 4.69) is 29.3 Å². The van der Waals surface area contributed by atoms with E-state index in [0.717, 1.165) is 5.56 Å². The van der Waals surface area contributed by atoms with E-state index in [1.807, 2.05) is 13.0 Å². The Balaban J connectivity index is 2.11. The molecule has 86 valence electrons. The number of rotatable bonds is 4. The largest absolute Gasteiger partial charge is 0.461 e. The van der Waals surface area contributed by atoms with Crippen LogP contribution in [0.1, 0.15) is 25.3 Å². The normalized spacial score (nSPS) is 11.2. The predicted octanol–water partition coefficient (Wildman–Crippen LogP) is 2.14. The summed E-state index contributed by atoms with van der Waals surface area (Å²) < 4.78 is 10.4. The quantitative estimate of drug-likeness (QED) is 0.856. The second-order valence-corrected chi connectivity index (χ2v) is 3.98. The molecule has 2 aromatic heterocycles. The van der Waals surface area contributed by atoms with Gasteiger partial charge in [0.25, 0.3) is 0 Å². The number of furan rings is 1. The first-order valence-corrected chi connectivity index (χ1v) is 5.27. The molecule has 1 N–H and O–H groups in total. The molecule has 0 aliphatic carbocycles. The van der Waals surface area contributed by atoms with Crippen LogP contribution in [0.25, 0.3) is 11.6 Å². The monoisotopic (exact) mass is 221 g/mol. The van der Waals surface area contributed by atoms with Gasteiger partial charge in [0.2, 0.25) is 11.7 Å². The third-order valence-electron chi connectivity index (χ3n) is 2.19. The Hall–Kier alpha value is -1.62. The first kappa shape index (κ1) is 10.9. The Bertz CT molecular complexity index is 459. The van der Waals surface area contributed by atoms with Crippen LogP contribution in [0.15, 0.2) is 21.3 Å². The second kappa shape index (κ2) is 4.49. The highest BCUT2D eigenvalue weighted by Crippen LogP contribution is 2.20. The summed E-state index contributed by atoms with van der Waals surface area (Å²) in [5.74, 6) is 1.74. The molecule has 16 heavy (non-hydrogen) atoms. The van der Waals surface area contributed by atoms with Gasteiger partial charge in [-0.25, -0.2) is 0 Å². The van der Waals surface area contributed by atoms with Crippen molar-refractivity contribution in [1.82, 2.24) is 15.5 Å². The van der Waals surface area contributed by atoms with Crippen LogP contribution in [0.3, 0.4) is 0 Å². The summed E-state index contributed by atoms with van der Waals surface area (Å²) in [7, 11) is 0. The molecular weight excluding hydrogens is 206 g/mol. The summed E-state index contributed by atoms with van der Waals surface area (Å²) in [5, 5.41) is 7.09. The van der Waals surface area contributed by atoms with Gasteiger partial charge in [-0.1, -0.05) is 19.0 Å². The van der Waals surface area contributed by atoms with Crippen molar-refractivity contribution in [3.05, 3.63) is 23.8 Å². The fourth-order valence-corrected chi connectivity index (χ4v) is 1.31. The molecule has 2 rings (SSSR count). The minimum atomic E-state index is 0.390. The molecule has 0 saturated carbocycles. The van der Waals surface area contributed by atoms with Gasteiger partial charge in [-0.2, -0.15) is 4.98 Å². The minimum Gasteiger partial charge on any atom is -0.461 e. The lowest BCUT2D eigenvalue weighted by atomic mass is 10.3. The summed E-state index contributed by atoms with van der Waals surface area (Å²) in [6.07, 6.45) is 1.62. The average molecular weight is 221 g/mol. The highest BCUT2D eigenvalue weighted by Gasteiger charge is 2.13. The molecule has 5 nitrogen and oxygen atoms in total. The van der Waals surface area contributed by atoms with Gasteiger partial charge in [0.05, 0.1) is 12.8 Å². The van der Waals surface area contributed by atoms with Gasteiger partial charge in [-0.05, 0) is 18.6 Å². The Labute approximate surface area is 93.8 Å². The molecule has 5 heteroatoms. The third-order valence-corrected chi connectivity index (χ3v) is 2.19. The van der Waals surface area contributed by atoms with Crippen LogP contribution in [0.4, 0.5) is 0 Å². The first-order chi connectivity index (χ1) is 7.66. The van der Waals surface area contributed by atoms with Crippen molar-refractivity contribution in [3.8, 4) is 11.6 Å². The van der Waals surface area contributed by atoms with Crippen LogP contribution in [-0.2, 0) is 6.54 Å². The van der Waals surface area contributed by atoms with Crippen LogP contribution >= 0.6 is 0 Å². The molecule has 0 atom stereocenters. The number of hydrogen-bond acceptors (Lipinski definition) is 5. The Morgan fingerprint density at radius 3 is 2.88 bits per heavy atom. The molecule has 0 unspecified atom stereocenters. The maximum Gasteiger partial charge on any atom is 0.241 e. The lowest BCUT2D eigenvalue weighted by Gasteiger charge is -2.02. The highest BCUT2D eigenvalue weighted by atomic mass is 16.5. The standard InChI is InChI=1S/C11H15N3O2/c1-7(2)12-6-9-13-11(14-16-9)10-8(3)4-5-15-10/h4-5,7,12H,6H2,1-3H3. The zero-order valence-electron chi connectivity index (χ0n) is 9.65. The molecule has 0 radical (unpaired) electrons. The Kier molecular flexibility index (Phi) is 3.05. The predicted molar refractivity (Wildman–Crippen MR) is 58.7 cm³/mol. The van der Waals surface area contributed by atoms with Crippen molar-refractivity contribution < 1.29 is 8.94 Å². The third kappa shape index (κ3) is 2.30. The van der Waals surface area contributed by atoms with E-state index in [9.17, 15) is 0 Å². The second-order valence-electron chi connectivity index (χ2n) is 3.98. The van der Waals surface area contributed by atoms with Crippen LogP contribution in [0, 0.1) is 6.92 Å². The molecule has 0 saturated heterocycles. The number of aryl methyl sites for hydroxylation is 1. The van der Waals surface area contributed by atoms with Gasteiger partial charge in [-0.15, -0.1) is 0 Å². The molecule has 0 spiro atoms. The van der Waals surface area contributed by atoms with Crippen LogP contribution < -0.4 is 5.32 Å². The van der Waals surface area contributed by atoms with E-state index in [4.69, 9.17) is 8.94 Å². The van der Waals surface area contributed by atoms with Crippen molar-refractivity contribution in [2.45, 2.75) is 33.4 Å². The first-order valence-electron chi connectivity index (χ1n) is 5.27. The van der Waals surface area contributed by atoms with Gasteiger partial charge in [0.15, 0.2) is 5.76 Å². The Morgan fingerprint density at radius 2 is 2.25 bits per heavy atom. The zero-order chi connectivity index (χ0) is 11.5. The summed E-state index contributed by atoms with van der Waals surface area (Å²) in [6.45, 7) is 6.65. The van der Waals surface area contributed by atoms with Crippen molar-refractivity contribution >= 4 is 0 Å². The molecule has 2 aromatic rings. The molecular formula is C11H15N3O2. The van der Waals surface area contributed by atoms with E-state index < -0.39 is 0 Å². The van der Waals surface area contributed by atoms with Crippen LogP contribution in [-0.4, -0.2) is 16.2 Å². The molecule has 0 aromatic carbocycles. The fraction of sp³-hybridized carbons (Fsp3) is 0.455. The number of nitrogens with zero attached hydrogens (tertiary/aromatic N) is 2. The van der Waals surface area contributed by atoms with Gasteiger partial charge < -0.3 is 14.3 Å². The topological polar surface area (TPSA) is 64.1 Å². The van der Waals surface area contributed by atoms with Crippen LogP contribution in [0.2, 0.25) is 0 Å². The SMILES string of the molecule is Cc1ccoc1-c1noc(CNC(C)C)n1. The number of hydrogen-bond donors (Lipinski definition) is 1. The summed E-state index contributed by atoms with van der Waals surface area (Å²) in [4.78, 5) is 4.25.